The van der Waals surface area contributed by atoms with Crippen LogP contribution in [0.2, 0.25) is 0 Å². The van der Waals surface area contributed by atoms with E-state index in [1.54, 1.807) is 6.92 Å². The Kier molecular flexibility index (Phi) is 4.39. The molecular formula is C10H9ClFNO4. The molecule has 92 valence electrons. The predicted molar refractivity (Wildman–Crippen MR) is 58.6 cm³/mol. The Morgan fingerprint density at radius 3 is 2.71 bits per heavy atom. The average molecular weight is 262 g/mol. The normalized spacial score (nSPS) is 10.1. The lowest BCUT2D eigenvalue weighted by molar-refractivity contribution is -0.388. The number of ether oxygens (including phenoxy) is 1. The maximum absolute atomic E-state index is 13.4. The number of esters is 1. The van der Waals surface area contributed by atoms with Gasteiger partial charge in [-0.2, -0.15) is 4.39 Å². The van der Waals surface area contributed by atoms with E-state index in [0.717, 1.165) is 12.1 Å². The van der Waals surface area contributed by atoms with Gasteiger partial charge in [-0.05, 0) is 19.1 Å². The van der Waals surface area contributed by atoms with Crippen LogP contribution in [0, 0.1) is 15.9 Å². The van der Waals surface area contributed by atoms with Gasteiger partial charge in [0.1, 0.15) is 0 Å². The molecule has 0 saturated heterocycles. The second-order valence-corrected chi connectivity index (χ2v) is 3.34. The molecule has 0 aliphatic heterocycles. The largest absolute Gasteiger partial charge is 0.462 e. The van der Waals surface area contributed by atoms with Crippen LogP contribution in [-0.4, -0.2) is 17.5 Å². The van der Waals surface area contributed by atoms with Crippen molar-refractivity contribution in [2.75, 3.05) is 6.61 Å². The van der Waals surface area contributed by atoms with Gasteiger partial charge in [0.2, 0.25) is 5.82 Å². The summed E-state index contributed by atoms with van der Waals surface area (Å²) in [6.07, 6.45) is 0. The Morgan fingerprint density at radius 1 is 1.59 bits per heavy atom. The fourth-order valence-electron chi connectivity index (χ4n) is 1.29. The molecule has 7 heteroatoms. The van der Waals surface area contributed by atoms with Gasteiger partial charge in [-0.15, -0.1) is 11.6 Å². The molecule has 0 aliphatic carbocycles. The monoisotopic (exact) mass is 261 g/mol. The Labute approximate surface area is 101 Å². The molecule has 0 fully saturated rings. The second kappa shape index (κ2) is 5.58. The maximum Gasteiger partial charge on any atom is 0.338 e. The molecule has 0 spiro atoms. The van der Waals surface area contributed by atoms with Crippen molar-refractivity contribution < 1.29 is 18.8 Å². The zero-order valence-electron chi connectivity index (χ0n) is 8.91. The number of nitrogens with zero attached hydrogens (tertiary/aromatic N) is 1. The third kappa shape index (κ3) is 2.91. The van der Waals surface area contributed by atoms with Crippen molar-refractivity contribution in [3.05, 3.63) is 39.2 Å². The summed E-state index contributed by atoms with van der Waals surface area (Å²) in [5.41, 5.74) is -0.863. The number of nitro benzene ring substituents is 1. The minimum atomic E-state index is -1.10. The summed E-state index contributed by atoms with van der Waals surface area (Å²) in [5, 5.41) is 10.6. The number of hydrogen-bond acceptors (Lipinski definition) is 4. The molecule has 1 aromatic rings. The summed E-state index contributed by atoms with van der Waals surface area (Å²) in [7, 11) is 0. The van der Waals surface area contributed by atoms with Crippen LogP contribution in [-0.2, 0) is 10.6 Å². The molecule has 0 saturated carbocycles. The number of hydrogen-bond donors (Lipinski definition) is 0. The van der Waals surface area contributed by atoms with Crippen LogP contribution in [0.1, 0.15) is 22.8 Å². The van der Waals surface area contributed by atoms with Gasteiger partial charge < -0.3 is 4.74 Å². The van der Waals surface area contributed by atoms with Gasteiger partial charge in [0.15, 0.2) is 0 Å². The van der Waals surface area contributed by atoms with Crippen molar-refractivity contribution in [2.45, 2.75) is 12.8 Å². The summed E-state index contributed by atoms with van der Waals surface area (Å²) in [6, 6.07) is 1.93. The molecule has 0 heterocycles. The molecule has 0 bridgehead atoms. The van der Waals surface area contributed by atoms with E-state index in [1.165, 1.54) is 0 Å². The van der Waals surface area contributed by atoms with E-state index in [0.29, 0.717) is 0 Å². The summed E-state index contributed by atoms with van der Waals surface area (Å²) < 4.78 is 18.1. The first kappa shape index (κ1) is 13.4. The zero-order valence-corrected chi connectivity index (χ0v) is 9.66. The zero-order chi connectivity index (χ0) is 13.0. The summed E-state index contributed by atoms with van der Waals surface area (Å²) in [6.45, 7) is 1.73. The Hall–Kier alpha value is -1.69. The summed E-state index contributed by atoms with van der Waals surface area (Å²) in [5.74, 6) is -2.11. The average Bonchev–Trinajstić information content (AvgIpc) is 2.27. The highest BCUT2D eigenvalue weighted by atomic mass is 35.5. The van der Waals surface area contributed by atoms with Crippen LogP contribution < -0.4 is 0 Å². The van der Waals surface area contributed by atoms with Gasteiger partial charge in [-0.25, -0.2) is 4.79 Å². The lowest BCUT2D eigenvalue weighted by Crippen LogP contribution is -2.07. The van der Waals surface area contributed by atoms with Crippen molar-refractivity contribution in [3.8, 4) is 0 Å². The topological polar surface area (TPSA) is 69.4 Å². The molecule has 0 atom stereocenters. The van der Waals surface area contributed by atoms with Crippen LogP contribution in [0.3, 0.4) is 0 Å². The number of rotatable bonds is 4. The van der Waals surface area contributed by atoms with E-state index in [9.17, 15) is 19.3 Å². The van der Waals surface area contributed by atoms with Gasteiger partial charge in [-0.3, -0.25) is 10.1 Å². The van der Waals surface area contributed by atoms with Crippen molar-refractivity contribution in [1.82, 2.24) is 0 Å². The molecule has 1 rings (SSSR count). The maximum atomic E-state index is 13.4. The number of alkyl halides is 1. The van der Waals surface area contributed by atoms with Crippen molar-refractivity contribution >= 4 is 23.3 Å². The number of nitro groups is 1. The summed E-state index contributed by atoms with van der Waals surface area (Å²) >= 11 is 5.48. The molecule has 0 aromatic heterocycles. The minimum absolute atomic E-state index is 0.0558. The molecular weight excluding hydrogens is 253 g/mol. The molecule has 0 N–H and O–H groups in total. The highest BCUT2D eigenvalue weighted by molar-refractivity contribution is 6.17. The predicted octanol–water partition coefficient (Wildman–Crippen LogP) is 2.65. The van der Waals surface area contributed by atoms with Crippen molar-refractivity contribution in [2.24, 2.45) is 0 Å². The van der Waals surface area contributed by atoms with E-state index in [2.05, 4.69) is 4.74 Å². The minimum Gasteiger partial charge on any atom is -0.462 e. The first-order valence-corrected chi connectivity index (χ1v) is 5.24. The molecule has 0 aliphatic rings. The van der Waals surface area contributed by atoms with E-state index < -0.39 is 22.4 Å². The molecule has 0 radical (unpaired) electrons. The lowest BCUT2D eigenvalue weighted by Gasteiger charge is -2.05. The van der Waals surface area contributed by atoms with Crippen LogP contribution in [0.15, 0.2) is 12.1 Å². The molecule has 1 aromatic carbocycles. The third-order valence-corrected chi connectivity index (χ3v) is 2.27. The smallest absolute Gasteiger partial charge is 0.338 e. The Morgan fingerprint density at radius 2 is 2.24 bits per heavy atom. The first-order valence-electron chi connectivity index (χ1n) is 4.71. The highest BCUT2D eigenvalue weighted by Gasteiger charge is 2.23. The van der Waals surface area contributed by atoms with Gasteiger partial charge in [0.05, 0.1) is 23.0 Å². The van der Waals surface area contributed by atoms with Crippen LogP contribution >= 0.6 is 11.6 Å². The van der Waals surface area contributed by atoms with Gasteiger partial charge in [0.25, 0.3) is 0 Å². The fourth-order valence-corrected chi connectivity index (χ4v) is 1.50. The van der Waals surface area contributed by atoms with Crippen LogP contribution in [0.5, 0.6) is 0 Å². The third-order valence-electron chi connectivity index (χ3n) is 1.98. The standard InChI is InChI=1S/C10H9ClFNO4/c1-2-17-10(14)6-3-7(5-11)9(13(15)16)8(12)4-6/h3-4H,2,5H2,1H3. The lowest BCUT2D eigenvalue weighted by atomic mass is 10.1. The Bertz CT molecular complexity index is 464. The van der Waals surface area contributed by atoms with Crippen molar-refractivity contribution in [3.63, 3.8) is 0 Å². The molecule has 0 unspecified atom stereocenters. The quantitative estimate of drug-likeness (QED) is 0.362. The number of carbonyl (C=O) groups excluding carboxylic acids is 1. The number of halogens is 2. The van der Waals surface area contributed by atoms with Gasteiger partial charge in [-0.1, -0.05) is 0 Å². The van der Waals surface area contributed by atoms with E-state index in [4.69, 9.17) is 11.6 Å². The van der Waals surface area contributed by atoms with E-state index in [-0.39, 0.29) is 23.6 Å². The van der Waals surface area contributed by atoms with E-state index in [1.807, 2.05) is 0 Å². The van der Waals surface area contributed by atoms with Crippen LogP contribution in [0.25, 0.3) is 0 Å². The highest BCUT2D eigenvalue weighted by Crippen LogP contribution is 2.26. The van der Waals surface area contributed by atoms with Gasteiger partial charge in [0, 0.05) is 5.56 Å². The SMILES string of the molecule is CCOC(=O)c1cc(F)c([N+](=O)[O-])c(CCl)c1. The number of benzene rings is 1. The van der Waals surface area contributed by atoms with Crippen molar-refractivity contribution in [1.29, 1.82) is 0 Å². The van der Waals surface area contributed by atoms with Gasteiger partial charge >= 0.3 is 11.7 Å². The van der Waals surface area contributed by atoms with E-state index >= 15 is 0 Å². The first-order chi connectivity index (χ1) is 8.01. The molecule has 5 nitrogen and oxygen atoms in total. The van der Waals surface area contributed by atoms with Crippen LogP contribution in [0.4, 0.5) is 10.1 Å². The second-order valence-electron chi connectivity index (χ2n) is 3.08. The summed E-state index contributed by atoms with van der Waals surface area (Å²) in [4.78, 5) is 21.1. The molecule has 0 amide bonds. The fraction of sp³-hybridized carbons (Fsp3) is 0.300. The Balaban J connectivity index is 3.27. The number of carbonyl (C=O) groups is 1. The molecule has 17 heavy (non-hydrogen) atoms.